The van der Waals surface area contributed by atoms with E-state index in [-0.39, 0.29) is 24.2 Å². The quantitative estimate of drug-likeness (QED) is 0.785. The van der Waals surface area contributed by atoms with Crippen molar-refractivity contribution < 1.29 is 14.0 Å². The molecule has 0 bridgehead atoms. The third-order valence-corrected chi connectivity index (χ3v) is 3.71. The Morgan fingerprint density at radius 1 is 1.20 bits per heavy atom. The number of nitrogens with zero attached hydrogens (tertiary/aromatic N) is 4. The van der Waals surface area contributed by atoms with Gasteiger partial charge in [0.2, 0.25) is 5.91 Å². The van der Waals surface area contributed by atoms with Crippen LogP contribution in [0.4, 0.5) is 10.1 Å². The van der Waals surface area contributed by atoms with Crippen LogP contribution in [0.3, 0.4) is 0 Å². The molecule has 1 heterocycles. The molecule has 0 unspecified atom stereocenters. The Morgan fingerprint density at radius 3 is 2.64 bits per heavy atom. The maximum atomic E-state index is 12.9. The molecule has 25 heavy (non-hydrogen) atoms. The molecule has 3 aromatic rings. The highest BCUT2D eigenvalue weighted by molar-refractivity contribution is 6.00. The first kappa shape index (κ1) is 16.6. The summed E-state index contributed by atoms with van der Waals surface area (Å²) in [5, 5.41) is 10.5. The second-order valence-corrected chi connectivity index (χ2v) is 5.63. The summed E-state index contributed by atoms with van der Waals surface area (Å²) in [4.78, 5) is 25.8. The van der Waals surface area contributed by atoms with Gasteiger partial charge in [-0.1, -0.05) is 5.21 Å². The van der Waals surface area contributed by atoms with Crippen LogP contribution in [0, 0.1) is 5.82 Å². The van der Waals surface area contributed by atoms with E-state index in [0.29, 0.717) is 16.8 Å². The van der Waals surface area contributed by atoms with Gasteiger partial charge in [0, 0.05) is 25.3 Å². The molecular formula is C17H16FN5O2. The Hall–Kier alpha value is -3.29. The fraction of sp³-hybridized carbons (Fsp3) is 0.176. The summed E-state index contributed by atoms with van der Waals surface area (Å²) in [6, 6.07) is 10.5. The maximum absolute atomic E-state index is 12.9. The lowest BCUT2D eigenvalue weighted by molar-refractivity contribution is -0.116. The van der Waals surface area contributed by atoms with Gasteiger partial charge in [-0.2, -0.15) is 0 Å². The summed E-state index contributed by atoms with van der Waals surface area (Å²) in [5.41, 5.74) is 2.31. The van der Waals surface area contributed by atoms with Gasteiger partial charge in [-0.25, -0.2) is 9.07 Å². The second kappa shape index (κ2) is 6.68. The number of nitrogens with one attached hydrogen (secondary N) is 1. The molecule has 0 spiro atoms. The highest BCUT2D eigenvalue weighted by Crippen LogP contribution is 2.14. The number of hydrogen-bond donors (Lipinski definition) is 1. The van der Waals surface area contributed by atoms with Crippen LogP contribution < -0.4 is 5.32 Å². The minimum Gasteiger partial charge on any atom is -0.332 e. The summed E-state index contributed by atoms with van der Waals surface area (Å²) >= 11 is 0. The van der Waals surface area contributed by atoms with Crippen LogP contribution in [0.5, 0.6) is 0 Å². The zero-order valence-corrected chi connectivity index (χ0v) is 13.7. The fourth-order valence-electron chi connectivity index (χ4n) is 2.41. The van der Waals surface area contributed by atoms with Crippen molar-refractivity contribution in [1.29, 1.82) is 0 Å². The molecule has 0 aliphatic carbocycles. The lowest BCUT2D eigenvalue weighted by atomic mass is 10.1. The third kappa shape index (κ3) is 3.63. The lowest BCUT2D eigenvalue weighted by Crippen LogP contribution is -2.34. The summed E-state index contributed by atoms with van der Waals surface area (Å²) in [7, 11) is 3.30. The molecule has 1 aromatic heterocycles. The summed E-state index contributed by atoms with van der Waals surface area (Å²) < 4.78 is 14.5. The SMILES string of the molecule is CN(CC(=O)Nc1ccc(F)cc1)C(=O)c1ccc2c(c1)nnn2C. The second-order valence-electron chi connectivity index (χ2n) is 5.63. The maximum Gasteiger partial charge on any atom is 0.254 e. The van der Waals surface area contributed by atoms with Crippen LogP contribution in [0.2, 0.25) is 0 Å². The van der Waals surface area contributed by atoms with Gasteiger partial charge in [-0.3, -0.25) is 9.59 Å². The Balaban J connectivity index is 1.66. The number of hydrogen-bond acceptors (Lipinski definition) is 4. The van der Waals surface area contributed by atoms with Gasteiger partial charge in [-0.15, -0.1) is 5.10 Å². The Bertz CT molecular complexity index is 936. The summed E-state index contributed by atoms with van der Waals surface area (Å²) in [6.45, 7) is -0.130. The highest BCUT2D eigenvalue weighted by atomic mass is 19.1. The molecule has 3 rings (SSSR count). The first-order valence-corrected chi connectivity index (χ1v) is 7.54. The van der Waals surface area contributed by atoms with E-state index in [1.54, 1.807) is 29.9 Å². The van der Waals surface area contributed by atoms with E-state index in [2.05, 4.69) is 15.6 Å². The molecule has 2 amide bonds. The van der Waals surface area contributed by atoms with Crippen molar-refractivity contribution in [3.63, 3.8) is 0 Å². The van der Waals surface area contributed by atoms with Crippen molar-refractivity contribution in [2.45, 2.75) is 0 Å². The van der Waals surface area contributed by atoms with Gasteiger partial charge in [-0.05, 0) is 42.5 Å². The van der Waals surface area contributed by atoms with Gasteiger partial charge in [0.1, 0.15) is 11.3 Å². The fourth-order valence-corrected chi connectivity index (χ4v) is 2.41. The lowest BCUT2D eigenvalue weighted by Gasteiger charge is -2.17. The van der Waals surface area contributed by atoms with Crippen molar-refractivity contribution in [1.82, 2.24) is 19.9 Å². The predicted molar refractivity (Wildman–Crippen MR) is 90.5 cm³/mol. The predicted octanol–water partition coefficient (Wildman–Crippen LogP) is 1.82. The van der Waals surface area contributed by atoms with Crippen LogP contribution in [-0.4, -0.2) is 45.3 Å². The van der Waals surface area contributed by atoms with Gasteiger partial charge in [0.15, 0.2) is 0 Å². The molecular weight excluding hydrogens is 325 g/mol. The average Bonchev–Trinajstić information content (AvgIpc) is 2.96. The third-order valence-electron chi connectivity index (χ3n) is 3.71. The van der Waals surface area contributed by atoms with Gasteiger partial charge >= 0.3 is 0 Å². The van der Waals surface area contributed by atoms with Crippen molar-refractivity contribution in [2.24, 2.45) is 7.05 Å². The Morgan fingerprint density at radius 2 is 1.92 bits per heavy atom. The minimum atomic E-state index is -0.385. The van der Waals surface area contributed by atoms with Crippen LogP contribution in [0.25, 0.3) is 11.0 Å². The van der Waals surface area contributed by atoms with Crippen LogP contribution in [0.15, 0.2) is 42.5 Å². The van der Waals surface area contributed by atoms with Crippen molar-refractivity contribution in [3.05, 3.63) is 53.8 Å². The highest BCUT2D eigenvalue weighted by Gasteiger charge is 2.16. The molecule has 0 aliphatic heterocycles. The van der Waals surface area contributed by atoms with Crippen LogP contribution >= 0.6 is 0 Å². The van der Waals surface area contributed by atoms with E-state index in [4.69, 9.17) is 0 Å². The summed E-state index contributed by atoms with van der Waals surface area (Å²) in [6.07, 6.45) is 0. The minimum absolute atomic E-state index is 0.130. The number of amides is 2. The molecule has 0 atom stereocenters. The zero-order valence-electron chi connectivity index (χ0n) is 13.7. The van der Waals surface area contributed by atoms with Gasteiger partial charge in [0.05, 0.1) is 12.1 Å². The molecule has 0 saturated heterocycles. The number of aromatic nitrogens is 3. The number of rotatable bonds is 4. The van der Waals surface area contributed by atoms with Crippen molar-refractivity contribution in [3.8, 4) is 0 Å². The first-order chi connectivity index (χ1) is 11.9. The average molecular weight is 341 g/mol. The van der Waals surface area contributed by atoms with Crippen LogP contribution in [-0.2, 0) is 11.8 Å². The number of anilines is 1. The smallest absolute Gasteiger partial charge is 0.254 e. The molecule has 2 aromatic carbocycles. The number of aryl methyl sites for hydroxylation is 1. The van der Waals surface area contributed by atoms with Crippen molar-refractivity contribution >= 4 is 28.5 Å². The van der Waals surface area contributed by atoms with Gasteiger partial charge < -0.3 is 10.2 Å². The molecule has 0 radical (unpaired) electrons. The normalized spacial score (nSPS) is 10.7. The monoisotopic (exact) mass is 341 g/mol. The number of carbonyl (C=O) groups excluding carboxylic acids is 2. The molecule has 0 saturated carbocycles. The van der Waals surface area contributed by atoms with E-state index < -0.39 is 0 Å². The zero-order chi connectivity index (χ0) is 18.0. The number of carbonyl (C=O) groups is 2. The first-order valence-electron chi connectivity index (χ1n) is 7.54. The molecule has 0 aliphatic rings. The molecule has 8 heteroatoms. The molecule has 0 fully saturated rings. The molecule has 7 nitrogen and oxygen atoms in total. The van der Waals surface area contributed by atoms with E-state index in [1.165, 1.54) is 36.2 Å². The Kier molecular flexibility index (Phi) is 4.42. The van der Waals surface area contributed by atoms with Crippen LogP contribution in [0.1, 0.15) is 10.4 Å². The largest absolute Gasteiger partial charge is 0.332 e. The van der Waals surface area contributed by atoms with E-state index in [0.717, 1.165) is 5.52 Å². The summed E-state index contributed by atoms with van der Waals surface area (Å²) in [5.74, 6) is -1.06. The topological polar surface area (TPSA) is 80.1 Å². The van der Waals surface area contributed by atoms with E-state index >= 15 is 0 Å². The number of fused-ring (bicyclic) bond motifs is 1. The Labute approximate surface area is 143 Å². The van der Waals surface area contributed by atoms with Gasteiger partial charge in [0.25, 0.3) is 5.91 Å². The molecule has 1 N–H and O–H groups in total. The molecule has 128 valence electrons. The standard InChI is InChI=1S/C17H16FN5O2/c1-22(10-16(24)19-13-6-4-12(18)5-7-13)17(25)11-3-8-15-14(9-11)20-21-23(15)2/h3-9H,10H2,1-2H3,(H,19,24). The van der Waals surface area contributed by atoms with E-state index in [1.807, 2.05) is 0 Å². The van der Waals surface area contributed by atoms with E-state index in [9.17, 15) is 14.0 Å². The van der Waals surface area contributed by atoms with Crippen molar-refractivity contribution in [2.75, 3.05) is 18.9 Å². The number of benzene rings is 2. The number of likely N-dealkylation sites (N-methyl/N-ethyl adjacent to an activating group) is 1. The number of halogens is 1.